The third kappa shape index (κ3) is 5.44. The van der Waals surface area contributed by atoms with Gasteiger partial charge >= 0.3 is 12.1 Å². The van der Waals surface area contributed by atoms with E-state index in [9.17, 15) is 23.1 Å². The highest BCUT2D eigenvalue weighted by Crippen LogP contribution is 2.35. The van der Waals surface area contributed by atoms with E-state index < -0.39 is 11.7 Å². The normalized spacial score (nSPS) is 15.5. The van der Waals surface area contributed by atoms with Crippen LogP contribution in [0.5, 0.6) is 5.75 Å². The van der Waals surface area contributed by atoms with Gasteiger partial charge in [-0.25, -0.2) is 0 Å². The van der Waals surface area contributed by atoms with Crippen molar-refractivity contribution in [1.29, 1.82) is 0 Å². The van der Waals surface area contributed by atoms with Gasteiger partial charge in [-0.3, -0.25) is 14.9 Å². The number of thiocarbonyl (C=S) groups is 1. The van der Waals surface area contributed by atoms with Crippen LogP contribution in [0, 0.1) is 5.92 Å². The second-order valence-corrected chi connectivity index (χ2v) is 8.03. The number of likely N-dealkylation sites (tertiary alicyclic amines) is 1. The first kappa shape index (κ1) is 24.5. The van der Waals surface area contributed by atoms with Crippen LogP contribution in [0.25, 0.3) is 11.3 Å². The van der Waals surface area contributed by atoms with Crippen molar-refractivity contribution in [2.75, 3.05) is 20.2 Å². The van der Waals surface area contributed by atoms with E-state index in [1.54, 1.807) is 14.0 Å². The predicted molar refractivity (Wildman–Crippen MR) is 120 cm³/mol. The summed E-state index contributed by atoms with van der Waals surface area (Å²) in [6.07, 6.45) is -3.20. The van der Waals surface area contributed by atoms with Crippen LogP contribution in [0.15, 0.2) is 29.4 Å². The molecule has 0 radical (unpaired) electrons. The van der Waals surface area contributed by atoms with Gasteiger partial charge in [0, 0.05) is 25.7 Å². The fourth-order valence-corrected chi connectivity index (χ4v) is 3.87. The minimum Gasteiger partial charge on any atom is -0.504 e. The molecule has 0 aliphatic carbocycles. The maximum absolute atomic E-state index is 12.8. The Balaban J connectivity index is 1.70. The highest BCUT2D eigenvalue weighted by molar-refractivity contribution is 7.80. The molecule has 0 bridgehead atoms. The van der Waals surface area contributed by atoms with Gasteiger partial charge in [0.15, 0.2) is 16.6 Å². The summed E-state index contributed by atoms with van der Waals surface area (Å²) in [4.78, 5) is 13.5. The maximum atomic E-state index is 12.8. The van der Waals surface area contributed by atoms with E-state index in [0.29, 0.717) is 42.3 Å². The van der Waals surface area contributed by atoms with E-state index in [0.717, 1.165) is 12.1 Å². The number of alkyl halides is 3. The van der Waals surface area contributed by atoms with Gasteiger partial charge in [-0.05, 0) is 44.1 Å². The molecule has 12 heteroatoms. The largest absolute Gasteiger partial charge is 0.504 e. The van der Waals surface area contributed by atoms with E-state index in [2.05, 4.69) is 15.6 Å². The Kier molecular flexibility index (Phi) is 7.25. The molecule has 1 aromatic heterocycles. The second-order valence-electron chi connectivity index (χ2n) is 7.64. The van der Waals surface area contributed by atoms with Crippen LogP contribution in [0.3, 0.4) is 0 Å². The Bertz CT molecular complexity index is 1060. The lowest BCUT2D eigenvalue weighted by molar-refractivity contribution is -0.146. The van der Waals surface area contributed by atoms with Crippen molar-refractivity contribution in [2.45, 2.75) is 25.9 Å². The van der Waals surface area contributed by atoms with Crippen molar-refractivity contribution in [3.63, 3.8) is 0 Å². The Morgan fingerprint density at radius 1 is 1.27 bits per heavy atom. The van der Waals surface area contributed by atoms with Gasteiger partial charge in [-0.2, -0.15) is 23.4 Å². The number of hydrogen-bond donors (Lipinski definition) is 2. The Morgan fingerprint density at radius 3 is 2.42 bits per heavy atom. The average Bonchev–Trinajstić information content (AvgIpc) is 3.10. The molecule has 0 saturated carbocycles. The molecule has 1 aromatic carbocycles. The number of carbonyl (C=O) groups excluding carboxylic acids is 1. The fourth-order valence-electron chi connectivity index (χ4n) is 3.64. The van der Waals surface area contributed by atoms with E-state index >= 15 is 0 Å². The first-order chi connectivity index (χ1) is 15.5. The van der Waals surface area contributed by atoms with E-state index in [-0.39, 0.29) is 29.0 Å². The van der Waals surface area contributed by atoms with Crippen LogP contribution in [0.4, 0.5) is 13.2 Å². The molecule has 0 unspecified atom stereocenters. The maximum Gasteiger partial charge on any atom is 0.416 e. The van der Waals surface area contributed by atoms with Gasteiger partial charge in [0.2, 0.25) is 0 Å². The van der Waals surface area contributed by atoms with Crippen LogP contribution in [-0.2, 0) is 22.8 Å². The highest BCUT2D eigenvalue weighted by Gasteiger charge is 2.30. The van der Waals surface area contributed by atoms with Crippen molar-refractivity contribution in [3.8, 4) is 17.0 Å². The van der Waals surface area contributed by atoms with Gasteiger partial charge in [0.25, 0.3) is 0 Å². The van der Waals surface area contributed by atoms with Gasteiger partial charge < -0.3 is 14.7 Å². The lowest BCUT2D eigenvalue weighted by Gasteiger charge is -2.31. The zero-order valence-electron chi connectivity index (χ0n) is 18.3. The summed E-state index contributed by atoms with van der Waals surface area (Å²) in [5.74, 6) is -0.574. The second kappa shape index (κ2) is 9.77. The zero-order chi connectivity index (χ0) is 24.3. The Labute approximate surface area is 194 Å². The average molecular weight is 484 g/mol. The van der Waals surface area contributed by atoms with Crippen LogP contribution < -0.4 is 5.43 Å². The number of aromatic hydroxyl groups is 1. The molecule has 2 N–H and O–H groups in total. The summed E-state index contributed by atoms with van der Waals surface area (Å²) in [7, 11) is 2.95. The molecule has 178 valence electrons. The van der Waals surface area contributed by atoms with Gasteiger partial charge in [0.05, 0.1) is 24.3 Å². The number of aryl methyl sites for hydroxylation is 1. The number of hydrazone groups is 1. The molecule has 2 heterocycles. The third-order valence-corrected chi connectivity index (χ3v) is 5.84. The molecular formula is C21H24F3N5O3S. The monoisotopic (exact) mass is 483 g/mol. The summed E-state index contributed by atoms with van der Waals surface area (Å²) >= 11 is 5.37. The lowest BCUT2D eigenvalue weighted by atomic mass is 9.97. The Hall–Kier alpha value is -3.15. The molecule has 1 aliphatic heterocycles. The molecule has 3 rings (SSSR count). The third-order valence-electron chi connectivity index (χ3n) is 5.49. The van der Waals surface area contributed by atoms with E-state index in [4.69, 9.17) is 17.0 Å². The zero-order valence-corrected chi connectivity index (χ0v) is 19.1. The number of halogens is 3. The smallest absolute Gasteiger partial charge is 0.416 e. The molecule has 0 atom stereocenters. The number of benzene rings is 1. The van der Waals surface area contributed by atoms with Crippen molar-refractivity contribution >= 4 is 29.0 Å². The molecule has 8 nitrogen and oxygen atoms in total. The molecule has 2 aromatic rings. The quantitative estimate of drug-likeness (QED) is 0.298. The molecule has 1 saturated heterocycles. The number of nitrogens with zero attached hydrogens (tertiary/aromatic N) is 4. The van der Waals surface area contributed by atoms with Gasteiger partial charge in [-0.15, -0.1) is 0 Å². The van der Waals surface area contributed by atoms with E-state index in [1.165, 1.54) is 23.9 Å². The number of esters is 1. The molecule has 1 aliphatic rings. The van der Waals surface area contributed by atoms with Crippen molar-refractivity contribution < 1.29 is 27.8 Å². The number of aromatic nitrogens is 2. The summed E-state index contributed by atoms with van der Waals surface area (Å²) in [6.45, 7) is 2.78. The van der Waals surface area contributed by atoms with Crippen molar-refractivity contribution in [3.05, 3.63) is 35.5 Å². The van der Waals surface area contributed by atoms with E-state index in [1.807, 2.05) is 4.90 Å². The van der Waals surface area contributed by atoms with Crippen molar-refractivity contribution in [1.82, 2.24) is 20.1 Å². The van der Waals surface area contributed by atoms with Gasteiger partial charge in [0.1, 0.15) is 5.69 Å². The first-order valence-corrected chi connectivity index (χ1v) is 10.5. The summed E-state index contributed by atoms with van der Waals surface area (Å²) < 4.78 is 44.6. The number of carbonyl (C=O) groups is 1. The summed E-state index contributed by atoms with van der Waals surface area (Å²) in [6, 6.07) is 4.46. The molecular weight excluding hydrogens is 459 g/mol. The highest BCUT2D eigenvalue weighted by atomic mass is 32.1. The number of nitrogens with one attached hydrogen (secondary N) is 1. The SMILES string of the molecule is COC(=O)C1CCN(C(=S)N/N=C(/C)c2nn(C)c(-c3ccc(C(F)(F)F)cc3)c2O)CC1. The van der Waals surface area contributed by atoms with Gasteiger partial charge in [-0.1, -0.05) is 12.1 Å². The molecule has 1 fully saturated rings. The van der Waals surface area contributed by atoms with Crippen molar-refractivity contribution in [2.24, 2.45) is 18.1 Å². The predicted octanol–water partition coefficient (Wildman–Crippen LogP) is 3.30. The topological polar surface area (TPSA) is 92.0 Å². The first-order valence-electron chi connectivity index (χ1n) is 10.1. The number of ether oxygens (including phenoxy) is 1. The van der Waals surface area contributed by atoms with Crippen LogP contribution in [0.1, 0.15) is 31.0 Å². The summed E-state index contributed by atoms with van der Waals surface area (Å²) in [5.41, 5.74) is 3.15. The number of piperidine rings is 1. The fraction of sp³-hybridized carbons (Fsp3) is 0.429. The minimum absolute atomic E-state index is 0.145. The Morgan fingerprint density at radius 2 is 1.88 bits per heavy atom. The molecule has 0 amide bonds. The van der Waals surface area contributed by atoms with Crippen LogP contribution in [-0.4, -0.2) is 56.8 Å². The summed E-state index contributed by atoms with van der Waals surface area (Å²) in [5, 5.41) is 19.5. The number of hydrogen-bond acceptors (Lipinski definition) is 6. The molecule has 33 heavy (non-hydrogen) atoms. The standard InChI is InChI=1S/C21H24F3N5O3S/c1-12(25-26-20(33)29-10-8-14(9-11-29)19(31)32-3)16-18(30)17(28(2)27-16)13-4-6-15(7-5-13)21(22,23)24/h4-7,14,30H,8-11H2,1-3H3,(H,26,33)/b25-12-. The number of methoxy groups -OCH3 is 1. The minimum atomic E-state index is -4.44. The van der Waals surface area contributed by atoms with Crippen LogP contribution >= 0.6 is 12.2 Å². The van der Waals surface area contributed by atoms with Crippen LogP contribution in [0.2, 0.25) is 0 Å². The number of rotatable bonds is 4. The molecule has 0 spiro atoms. The lowest BCUT2D eigenvalue weighted by Crippen LogP contribution is -2.44.